The first-order valence-electron chi connectivity index (χ1n) is 8.95. The first kappa shape index (κ1) is 23.7. The van der Waals surface area contributed by atoms with Gasteiger partial charge in [-0.1, -0.05) is 12.5 Å². The van der Waals surface area contributed by atoms with Gasteiger partial charge in [-0.3, -0.25) is 4.79 Å². The lowest BCUT2D eigenvalue weighted by atomic mass is 10.1. The predicted octanol–water partition coefficient (Wildman–Crippen LogP) is 1.74. The maximum atomic E-state index is 13.4. The zero-order chi connectivity index (χ0) is 19.3. The van der Waals surface area contributed by atoms with Gasteiger partial charge in [-0.05, 0) is 43.9 Å². The lowest BCUT2D eigenvalue weighted by Gasteiger charge is -2.35. The van der Waals surface area contributed by atoms with Gasteiger partial charge in [-0.15, -0.1) is 12.4 Å². The second kappa shape index (κ2) is 10.3. The van der Waals surface area contributed by atoms with E-state index in [1.165, 1.54) is 11.4 Å². The summed E-state index contributed by atoms with van der Waals surface area (Å²) in [5, 5.41) is 2.80. The molecule has 2 rings (SSSR count). The number of amides is 1. The van der Waals surface area contributed by atoms with Crippen molar-refractivity contribution in [1.82, 2.24) is 9.62 Å². The van der Waals surface area contributed by atoms with E-state index < -0.39 is 10.0 Å². The number of aryl methyl sites for hydroxylation is 2. The lowest BCUT2D eigenvalue weighted by Crippen LogP contribution is -2.49. The second-order valence-corrected chi connectivity index (χ2v) is 8.58. The zero-order valence-electron chi connectivity index (χ0n) is 16.2. The van der Waals surface area contributed by atoms with Crippen molar-refractivity contribution in [1.29, 1.82) is 0 Å². The molecule has 7 nitrogen and oxygen atoms in total. The zero-order valence-corrected chi connectivity index (χ0v) is 17.8. The molecule has 1 aliphatic rings. The second-order valence-electron chi connectivity index (χ2n) is 6.72. The van der Waals surface area contributed by atoms with Gasteiger partial charge in [-0.25, -0.2) is 8.42 Å². The molecule has 1 unspecified atom stereocenters. The van der Waals surface area contributed by atoms with Crippen LogP contribution in [0.2, 0.25) is 0 Å². The number of halogens is 1. The van der Waals surface area contributed by atoms with Crippen LogP contribution in [0.1, 0.15) is 36.8 Å². The van der Waals surface area contributed by atoms with Crippen molar-refractivity contribution in [2.45, 2.75) is 50.5 Å². The third-order valence-electron chi connectivity index (χ3n) is 4.66. The van der Waals surface area contributed by atoms with Crippen molar-refractivity contribution in [3.8, 4) is 5.75 Å². The normalized spacial score (nSPS) is 17.9. The van der Waals surface area contributed by atoms with Crippen LogP contribution >= 0.6 is 12.4 Å². The smallest absolute Gasteiger partial charge is 0.247 e. The molecule has 3 N–H and O–H groups in total. The summed E-state index contributed by atoms with van der Waals surface area (Å²) >= 11 is 0. The van der Waals surface area contributed by atoms with Crippen LogP contribution in [0.5, 0.6) is 5.75 Å². The predicted molar refractivity (Wildman–Crippen MR) is 108 cm³/mol. The fraction of sp³-hybridized carbons (Fsp3) is 0.611. The topological polar surface area (TPSA) is 102 Å². The van der Waals surface area contributed by atoms with Gasteiger partial charge in [0.05, 0.1) is 7.11 Å². The molecule has 0 spiro atoms. The Morgan fingerprint density at radius 2 is 2.04 bits per heavy atom. The number of sulfonamides is 1. The standard InChI is InChI=1S/C18H29N3O4S.ClH/c1-13-10-14(2)18(25-3)16(11-13)26(23,24)21-9-5-4-6-15(21)12-20-17(22)7-8-19;/h10-11,15H,4-9,12,19H2,1-3H3,(H,20,22);1H. The van der Waals surface area contributed by atoms with E-state index in [0.29, 0.717) is 18.8 Å². The summed E-state index contributed by atoms with van der Waals surface area (Å²) in [7, 11) is -2.24. The highest BCUT2D eigenvalue weighted by molar-refractivity contribution is 7.89. The molecule has 1 atom stereocenters. The van der Waals surface area contributed by atoms with Crippen LogP contribution in [0.3, 0.4) is 0 Å². The summed E-state index contributed by atoms with van der Waals surface area (Å²) in [6.07, 6.45) is 2.70. The van der Waals surface area contributed by atoms with Gasteiger partial charge in [0.25, 0.3) is 0 Å². The van der Waals surface area contributed by atoms with E-state index >= 15 is 0 Å². The number of piperidine rings is 1. The number of rotatable bonds is 7. The molecular formula is C18H30ClN3O4S. The van der Waals surface area contributed by atoms with Gasteiger partial charge in [-0.2, -0.15) is 4.31 Å². The first-order valence-corrected chi connectivity index (χ1v) is 10.4. The van der Waals surface area contributed by atoms with Gasteiger partial charge in [0.2, 0.25) is 15.9 Å². The Labute approximate surface area is 168 Å². The summed E-state index contributed by atoms with van der Waals surface area (Å²) in [5.41, 5.74) is 7.05. The molecule has 0 bridgehead atoms. The van der Waals surface area contributed by atoms with Gasteiger partial charge in [0, 0.05) is 32.1 Å². The largest absolute Gasteiger partial charge is 0.495 e. The average Bonchev–Trinajstić information content (AvgIpc) is 2.60. The Morgan fingerprint density at radius 3 is 2.67 bits per heavy atom. The van der Waals surface area contributed by atoms with E-state index in [1.54, 1.807) is 6.07 Å². The van der Waals surface area contributed by atoms with Crippen LogP contribution in [0, 0.1) is 13.8 Å². The van der Waals surface area contributed by atoms with Gasteiger partial charge >= 0.3 is 0 Å². The number of ether oxygens (including phenoxy) is 1. The number of hydrogen-bond acceptors (Lipinski definition) is 5. The summed E-state index contributed by atoms with van der Waals surface area (Å²) in [6.45, 7) is 4.72. The van der Waals surface area contributed by atoms with Crippen molar-refractivity contribution in [2.75, 3.05) is 26.7 Å². The summed E-state index contributed by atoms with van der Waals surface area (Å²) < 4.78 is 33.6. The van der Waals surface area contributed by atoms with Crippen LogP contribution in [0.4, 0.5) is 0 Å². The number of hydrogen-bond donors (Lipinski definition) is 2. The van der Waals surface area contributed by atoms with Gasteiger partial charge < -0.3 is 15.8 Å². The summed E-state index contributed by atoms with van der Waals surface area (Å²) in [4.78, 5) is 11.9. The third-order valence-corrected chi connectivity index (χ3v) is 6.61. The molecule has 1 amide bonds. The van der Waals surface area contributed by atoms with Gasteiger partial charge in [0.15, 0.2) is 0 Å². The van der Waals surface area contributed by atoms with Gasteiger partial charge in [0.1, 0.15) is 10.6 Å². The fourth-order valence-electron chi connectivity index (χ4n) is 3.44. The van der Waals surface area contributed by atoms with E-state index in [0.717, 1.165) is 30.4 Å². The number of benzene rings is 1. The minimum atomic E-state index is -3.73. The maximum absolute atomic E-state index is 13.4. The SMILES string of the molecule is COc1c(C)cc(C)cc1S(=O)(=O)N1CCCCC1CNC(=O)CCN.Cl. The highest BCUT2D eigenvalue weighted by atomic mass is 35.5. The molecule has 1 aromatic carbocycles. The Bertz CT molecular complexity index is 755. The number of nitrogens with two attached hydrogens (primary N) is 1. The average molecular weight is 420 g/mol. The highest BCUT2D eigenvalue weighted by Gasteiger charge is 2.35. The molecule has 1 saturated heterocycles. The van der Waals surface area contributed by atoms with E-state index in [2.05, 4.69) is 5.32 Å². The Balaban J connectivity index is 0.00000364. The monoisotopic (exact) mass is 419 g/mol. The van der Waals surface area contributed by atoms with Crippen molar-refractivity contribution < 1.29 is 17.9 Å². The first-order chi connectivity index (χ1) is 12.3. The van der Waals surface area contributed by atoms with E-state index in [9.17, 15) is 13.2 Å². The van der Waals surface area contributed by atoms with Crippen molar-refractivity contribution in [2.24, 2.45) is 5.73 Å². The van der Waals surface area contributed by atoms with E-state index in [4.69, 9.17) is 10.5 Å². The van der Waals surface area contributed by atoms with Crippen LogP contribution in [0.25, 0.3) is 0 Å². The van der Waals surface area contributed by atoms with Crippen LogP contribution in [0.15, 0.2) is 17.0 Å². The minimum Gasteiger partial charge on any atom is -0.495 e. The Hall–Kier alpha value is -1.35. The van der Waals surface area contributed by atoms with Crippen molar-refractivity contribution in [3.05, 3.63) is 23.3 Å². The minimum absolute atomic E-state index is 0. The number of carbonyl (C=O) groups excluding carboxylic acids is 1. The molecular weight excluding hydrogens is 390 g/mol. The highest BCUT2D eigenvalue weighted by Crippen LogP contribution is 2.34. The Kier molecular flexibility index (Phi) is 9.01. The number of nitrogens with one attached hydrogen (secondary N) is 1. The van der Waals surface area contributed by atoms with E-state index in [1.807, 2.05) is 19.9 Å². The van der Waals surface area contributed by atoms with E-state index in [-0.39, 0.29) is 42.2 Å². The summed E-state index contributed by atoms with van der Waals surface area (Å²) in [5.74, 6) is 0.228. The van der Waals surface area contributed by atoms with Crippen LogP contribution in [-0.4, -0.2) is 51.4 Å². The quantitative estimate of drug-likeness (QED) is 0.700. The molecule has 9 heteroatoms. The van der Waals surface area contributed by atoms with Crippen LogP contribution < -0.4 is 15.8 Å². The number of methoxy groups -OCH3 is 1. The lowest BCUT2D eigenvalue weighted by molar-refractivity contribution is -0.121. The molecule has 0 saturated carbocycles. The fourth-order valence-corrected chi connectivity index (χ4v) is 5.45. The molecule has 1 aromatic rings. The number of nitrogens with zero attached hydrogens (tertiary/aromatic N) is 1. The van der Waals surface area contributed by atoms with Crippen molar-refractivity contribution >= 4 is 28.3 Å². The molecule has 1 fully saturated rings. The van der Waals surface area contributed by atoms with Crippen molar-refractivity contribution in [3.63, 3.8) is 0 Å². The third kappa shape index (κ3) is 5.57. The molecule has 154 valence electrons. The molecule has 0 aromatic heterocycles. The summed E-state index contributed by atoms with van der Waals surface area (Å²) in [6, 6.07) is 3.29. The maximum Gasteiger partial charge on any atom is 0.247 e. The molecule has 27 heavy (non-hydrogen) atoms. The van der Waals surface area contributed by atoms with Crippen LogP contribution in [-0.2, 0) is 14.8 Å². The molecule has 1 aliphatic heterocycles. The molecule has 0 aliphatic carbocycles. The number of carbonyl (C=O) groups is 1. The Morgan fingerprint density at radius 1 is 1.33 bits per heavy atom. The molecule has 1 heterocycles. The molecule has 0 radical (unpaired) electrons.